The van der Waals surface area contributed by atoms with Crippen LogP contribution in [0.1, 0.15) is 28.0 Å². The third kappa shape index (κ3) is 4.51. The van der Waals surface area contributed by atoms with Gasteiger partial charge in [-0.15, -0.1) is 0 Å². The van der Waals surface area contributed by atoms with Crippen molar-refractivity contribution in [1.82, 2.24) is 10.0 Å². The molecule has 9 heteroatoms. The third-order valence-corrected chi connectivity index (χ3v) is 5.10. The molecule has 0 unspecified atom stereocenters. The lowest BCUT2D eigenvalue weighted by Gasteiger charge is -2.19. The molecule has 2 aromatic rings. The van der Waals surface area contributed by atoms with Crippen LogP contribution in [0.4, 0.5) is 15.8 Å². The Morgan fingerprint density at radius 1 is 1.41 bits per heavy atom. The number of fused-ring (bicyclic) bond motifs is 1. The zero-order valence-corrected chi connectivity index (χ0v) is 17.5. The highest BCUT2D eigenvalue weighted by atomic mass is 79.9. The van der Waals surface area contributed by atoms with Gasteiger partial charge < -0.3 is 14.6 Å². The van der Waals surface area contributed by atoms with Crippen molar-refractivity contribution in [3.8, 4) is 0 Å². The second-order valence-corrected chi connectivity index (χ2v) is 7.36. The van der Waals surface area contributed by atoms with E-state index in [0.717, 1.165) is 6.42 Å². The third-order valence-electron chi connectivity index (χ3n) is 4.60. The molecule has 29 heavy (non-hydrogen) atoms. The number of hydroxylamine groups is 1. The second-order valence-electron chi connectivity index (χ2n) is 6.45. The van der Waals surface area contributed by atoms with Crippen LogP contribution in [0.5, 0.6) is 0 Å². The summed E-state index contributed by atoms with van der Waals surface area (Å²) in [6, 6.07) is 4.51. The summed E-state index contributed by atoms with van der Waals surface area (Å²) < 4.78 is 21.5. The van der Waals surface area contributed by atoms with E-state index in [1.54, 1.807) is 17.6 Å². The van der Waals surface area contributed by atoms with E-state index in [2.05, 4.69) is 33.3 Å². The lowest BCUT2D eigenvalue weighted by atomic mass is 10.0. The van der Waals surface area contributed by atoms with Crippen LogP contribution in [0, 0.1) is 12.7 Å². The summed E-state index contributed by atoms with van der Waals surface area (Å²) >= 11 is 3.21. The van der Waals surface area contributed by atoms with E-state index in [4.69, 9.17) is 9.57 Å². The Kier molecular flexibility index (Phi) is 6.71. The van der Waals surface area contributed by atoms with Gasteiger partial charge in [-0.05, 0) is 38.0 Å². The van der Waals surface area contributed by atoms with Gasteiger partial charge in [0, 0.05) is 22.3 Å². The van der Waals surface area contributed by atoms with Crippen molar-refractivity contribution in [3.63, 3.8) is 0 Å². The van der Waals surface area contributed by atoms with E-state index >= 15 is 0 Å². The molecule has 0 aliphatic carbocycles. The molecular weight excluding hydrogens is 445 g/mol. The Labute approximate surface area is 175 Å². The number of hydrogen-bond donors (Lipinski definition) is 2. The molecule has 2 N–H and O–H groups in total. The molecule has 0 atom stereocenters. The standard InChI is InChI=1S/C20H21BrFN3O4/c1-3-28-9-10-29-24-19(26)17-16-5-4-8-25(16)20(27)12(2)18(17)23-15-7-6-13(21)11-14(15)22/h3,6-7,11,23H,1,4-5,8-10H2,2H3,(H,24,26). The number of aromatic nitrogens is 1. The maximum absolute atomic E-state index is 14.4. The van der Waals surface area contributed by atoms with Crippen molar-refractivity contribution in [3.05, 3.63) is 68.5 Å². The van der Waals surface area contributed by atoms with Crippen LogP contribution in [0.15, 0.2) is 40.3 Å². The monoisotopic (exact) mass is 465 g/mol. The number of halogens is 2. The van der Waals surface area contributed by atoms with E-state index in [0.29, 0.717) is 28.7 Å². The van der Waals surface area contributed by atoms with Gasteiger partial charge in [0.2, 0.25) is 0 Å². The molecule has 0 radical (unpaired) electrons. The molecule has 0 spiro atoms. The number of carbonyl (C=O) groups is 1. The number of amides is 1. The molecule has 7 nitrogen and oxygen atoms in total. The van der Waals surface area contributed by atoms with Crippen molar-refractivity contribution in [2.45, 2.75) is 26.3 Å². The minimum absolute atomic E-state index is 0.121. The number of ether oxygens (including phenoxy) is 1. The van der Waals surface area contributed by atoms with Crippen LogP contribution in [-0.2, 0) is 22.5 Å². The zero-order valence-electron chi connectivity index (χ0n) is 15.9. The Hall–Kier alpha value is -2.65. The highest BCUT2D eigenvalue weighted by Gasteiger charge is 2.27. The average molecular weight is 466 g/mol. The fourth-order valence-corrected chi connectivity index (χ4v) is 3.60. The molecule has 3 rings (SSSR count). The highest BCUT2D eigenvalue weighted by molar-refractivity contribution is 9.10. The minimum Gasteiger partial charge on any atom is -0.499 e. The number of benzene rings is 1. The summed E-state index contributed by atoms with van der Waals surface area (Å²) in [4.78, 5) is 30.8. The number of carbonyl (C=O) groups excluding carboxylic acids is 1. The molecule has 0 saturated carbocycles. The van der Waals surface area contributed by atoms with Gasteiger partial charge in [0.25, 0.3) is 11.5 Å². The number of hydrogen-bond acceptors (Lipinski definition) is 5. The topological polar surface area (TPSA) is 81.6 Å². The number of nitrogens with zero attached hydrogens (tertiary/aromatic N) is 1. The SMILES string of the molecule is C=COCCONC(=O)c1c(Nc2ccc(Br)cc2F)c(C)c(=O)n2c1CCC2. The Bertz CT molecular complexity index is 1010. The van der Waals surface area contributed by atoms with Gasteiger partial charge in [-0.1, -0.05) is 22.5 Å². The number of pyridine rings is 1. The Balaban J connectivity index is 1.98. The fourth-order valence-electron chi connectivity index (χ4n) is 3.27. The molecule has 1 aromatic heterocycles. The number of nitrogens with one attached hydrogen (secondary N) is 2. The molecule has 1 aliphatic heterocycles. The van der Waals surface area contributed by atoms with Crippen LogP contribution in [0.2, 0.25) is 0 Å². The van der Waals surface area contributed by atoms with Crippen LogP contribution in [-0.4, -0.2) is 23.7 Å². The molecule has 1 aromatic carbocycles. The molecule has 0 fully saturated rings. The second kappa shape index (κ2) is 9.23. The van der Waals surface area contributed by atoms with Crippen LogP contribution >= 0.6 is 15.9 Å². The first-order valence-electron chi connectivity index (χ1n) is 9.07. The Morgan fingerprint density at radius 3 is 2.93 bits per heavy atom. The van der Waals surface area contributed by atoms with Crippen LogP contribution in [0.3, 0.4) is 0 Å². The van der Waals surface area contributed by atoms with Crippen LogP contribution in [0.25, 0.3) is 0 Å². The van der Waals surface area contributed by atoms with E-state index in [1.165, 1.54) is 18.4 Å². The van der Waals surface area contributed by atoms with Crippen molar-refractivity contribution in [2.24, 2.45) is 0 Å². The zero-order chi connectivity index (χ0) is 21.0. The van der Waals surface area contributed by atoms with Gasteiger partial charge in [-0.25, -0.2) is 9.87 Å². The van der Waals surface area contributed by atoms with E-state index < -0.39 is 11.7 Å². The van der Waals surface area contributed by atoms with Gasteiger partial charge in [-0.3, -0.25) is 14.4 Å². The molecule has 1 amide bonds. The summed E-state index contributed by atoms with van der Waals surface area (Å²) in [5.74, 6) is -1.03. The van der Waals surface area contributed by atoms with Gasteiger partial charge in [-0.2, -0.15) is 0 Å². The fraction of sp³-hybridized carbons (Fsp3) is 0.300. The predicted molar refractivity (Wildman–Crippen MR) is 111 cm³/mol. The lowest BCUT2D eigenvalue weighted by Crippen LogP contribution is -2.32. The van der Waals surface area contributed by atoms with E-state index in [-0.39, 0.29) is 35.7 Å². The largest absolute Gasteiger partial charge is 0.499 e. The van der Waals surface area contributed by atoms with Gasteiger partial charge in [0.15, 0.2) is 0 Å². The maximum Gasteiger partial charge on any atom is 0.278 e. The summed E-state index contributed by atoms with van der Waals surface area (Å²) in [7, 11) is 0. The van der Waals surface area contributed by atoms with E-state index in [9.17, 15) is 14.0 Å². The molecule has 2 heterocycles. The molecule has 0 bridgehead atoms. The van der Waals surface area contributed by atoms with Gasteiger partial charge in [0.05, 0.1) is 23.2 Å². The van der Waals surface area contributed by atoms with E-state index in [1.807, 2.05) is 0 Å². The molecule has 0 saturated heterocycles. The van der Waals surface area contributed by atoms with Crippen LogP contribution < -0.4 is 16.4 Å². The highest BCUT2D eigenvalue weighted by Crippen LogP contribution is 2.31. The molecule has 1 aliphatic rings. The first-order chi connectivity index (χ1) is 13.9. The molecular formula is C20H21BrFN3O4. The minimum atomic E-state index is -0.516. The summed E-state index contributed by atoms with van der Waals surface area (Å²) in [5.41, 5.74) is 3.81. The van der Waals surface area contributed by atoms with Gasteiger partial charge >= 0.3 is 0 Å². The maximum atomic E-state index is 14.4. The van der Waals surface area contributed by atoms with Crippen molar-refractivity contribution in [2.75, 3.05) is 18.5 Å². The number of rotatable bonds is 8. The Morgan fingerprint density at radius 2 is 2.21 bits per heavy atom. The summed E-state index contributed by atoms with van der Waals surface area (Å²) in [6.45, 7) is 5.92. The molecule has 154 valence electrons. The normalized spacial score (nSPS) is 12.4. The predicted octanol–water partition coefficient (Wildman–Crippen LogP) is 3.57. The smallest absolute Gasteiger partial charge is 0.278 e. The quantitative estimate of drug-likeness (QED) is 0.353. The number of anilines is 2. The first-order valence-corrected chi connectivity index (χ1v) is 9.86. The average Bonchev–Trinajstić information content (AvgIpc) is 3.17. The van der Waals surface area contributed by atoms with Crippen molar-refractivity contribution in [1.29, 1.82) is 0 Å². The lowest BCUT2D eigenvalue weighted by molar-refractivity contribution is 0.0144. The first kappa shape index (κ1) is 21.1. The van der Waals surface area contributed by atoms with Gasteiger partial charge in [0.1, 0.15) is 19.0 Å². The summed E-state index contributed by atoms with van der Waals surface area (Å²) in [6.07, 6.45) is 2.59. The van der Waals surface area contributed by atoms with Crippen molar-refractivity contribution < 1.29 is 18.8 Å². The van der Waals surface area contributed by atoms with Crippen molar-refractivity contribution >= 4 is 33.2 Å². The summed E-state index contributed by atoms with van der Waals surface area (Å²) in [5, 5.41) is 2.93.